The number of amides is 1. The number of carbonyl (C=O) groups excluding carboxylic acids is 2. The summed E-state index contributed by atoms with van der Waals surface area (Å²) in [6.45, 7) is 1.44. The van der Waals surface area contributed by atoms with Gasteiger partial charge in [-0.15, -0.1) is 0 Å². The molecule has 0 radical (unpaired) electrons. The number of nitrogens with zero attached hydrogens (tertiary/aromatic N) is 3. The zero-order chi connectivity index (χ0) is 23.5. The van der Waals surface area contributed by atoms with Crippen molar-refractivity contribution < 1.29 is 23.2 Å². The second-order valence-corrected chi connectivity index (χ2v) is 7.42. The molecule has 4 heterocycles. The standard InChI is InChI=1S/C25H18N4O5/c1-15-6-9-21(26-13-15)29-22(30)14-34-25(31)16-7-8-17-18(12-16)28-24(20-5-3-11-33-20)23(27-17)19-4-2-10-32-19/h2-13H,14H2,1H3,(H,26,29,30). The van der Waals surface area contributed by atoms with E-state index in [1.165, 1.54) is 6.26 Å². The number of rotatable bonds is 6. The first-order valence-electron chi connectivity index (χ1n) is 10.4. The second-order valence-electron chi connectivity index (χ2n) is 7.42. The fraction of sp³-hybridized carbons (Fsp3) is 0.0800. The molecule has 1 amide bonds. The highest BCUT2D eigenvalue weighted by molar-refractivity contribution is 5.97. The van der Waals surface area contributed by atoms with Crippen LogP contribution in [-0.2, 0) is 9.53 Å². The minimum atomic E-state index is -0.662. The summed E-state index contributed by atoms with van der Waals surface area (Å²) in [5.74, 6) is 0.276. The highest BCUT2D eigenvalue weighted by Gasteiger charge is 2.18. The number of nitrogens with one attached hydrogen (secondary N) is 1. The third kappa shape index (κ3) is 4.40. The summed E-state index contributed by atoms with van der Waals surface area (Å²) in [6, 6.07) is 15.3. The van der Waals surface area contributed by atoms with Crippen molar-refractivity contribution in [2.24, 2.45) is 0 Å². The number of carbonyl (C=O) groups is 2. The van der Waals surface area contributed by atoms with E-state index in [2.05, 4.69) is 20.3 Å². The summed E-state index contributed by atoms with van der Waals surface area (Å²) in [6.07, 6.45) is 4.72. The molecule has 0 fully saturated rings. The van der Waals surface area contributed by atoms with Crippen LogP contribution in [0.25, 0.3) is 33.9 Å². The number of anilines is 1. The van der Waals surface area contributed by atoms with Crippen LogP contribution in [-0.4, -0.2) is 33.4 Å². The fourth-order valence-electron chi connectivity index (χ4n) is 3.29. The van der Waals surface area contributed by atoms with Crippen LogP contribution in [0.5, 0.6) is 0 Å². The number of pyridine rings is 1. The van der Waals surface area contributed by atoms with Gasteiger partial charge < -0.3 is 18.9 Å². The number of furan rings is 2. The number of hydrogen-bond acceptors (Lipinski definition) is 8. The van der Waals surface area contributed by atoms with Gasteiger partial charge in [0, 0.05) is 6.20 Å². The Morgan fingerprint density at radius 1 is 0.912 bits per heavy atom. The number of hydrogen-bond donors (Lipinski definition) is 1. The van der Waals surface area contributed by atoms with Gasteiger partial charge in [-0.3, -0.25) is 4.79 Å². The second kappa shape index (κ2) is 8.99. The van der Waals surface area contributed by atoms with Crippen molar-refractivity contribution in [1.82, 2.24) is 15.0 Å². The summed E-state index contributed by atoms with van der Waals surface area (Å²) < 4.78 is 16.2. The van der Waals surface area contributed by atoms with Crippen LogP contribution >= 0.6 is 0 Å². The van der Waals surface area contributed by atoms with Gasteiger partial charge in [-0.25, -0.2) is 19.7 Å². The van der Waals surface area contributed by atoms with E-state index >= 15 is 0 Å². The van der Waals surface area contributed by atoms with Crippen LogP contribution in [0.1, 0.15) is 15.9 Å². The van der Waals surface area contributed by atoms with Crippen LogP contribution < -0.4 is 5.32 Å². The van der Waals surface area contributed by atoms with Gasteiger partial charge in [-0.05, 0) is 61.0 Å². The Bertz CT molecular complexity index is 1460. The predicted octanol–water partition coefficient (Wildman–Crippen LogP) is 4.65. The number of aromatic nitrogens is 3. The van der Waals surface area contributed by atoms with E-state index in [4.69, 9.17) is 13.6 Å². The monoisotopic (exact) mass is 454 g/mol. The number of benzene rings is 1. The van der Waals surface area contributed by atoms with Crippen LogP contribution in [0.3, 0.4) is 0 Å². The van der Waals surface area contributed by atoms with Crippen molar-refractivity contribution in [2.45, 2.75) is 6.92 Å². The summed E-state index contributed by atoms with van der Waals surface area (Å²) in [5, 5.41) is 2.58. The van der Waals surface area contributed by atoms with Gasteiger partial charge >= 0.3 is 5.97 Å². The number of ether oxygens (including phenoxy) is 1. The van der Waals surface area contributed by atoms with E-state index in [9.17, 15) is 9.59 Å². The highest BCUT2D eigenvalue weighted by atomic mass is 16.5. The summed E-state index contributed by atoms with van der Waals surface area (Å²) >= 11 is 0. The van der Waals surface area contributed by atoms with E-state index in [1.807, 2.05) is 13.0 Å². The molecule has 0 aliphatic rings. The molecule has 0 atom stereocenters. The quantitative estimate of drug-likeness (QED) is 0.368. The van der Waals surface area contributed by atoms with Crippen LogP contribution in [0, 0.1) is 6.92 Å². The van der Waals surface area contributed by atoms with Crippen molar-refractivity contribution in [1.29, 1.82) is 0 Å². The minimum absolute atomic E-state index is 0.235. The van der Waals surface area contributed by atoms with Crippen molar-refractivity contribution >= 4 is 28.7 Å². The Hall–Kier alpha value is -4.79. The molecule has 0 saturated carbocycles. The van der Waals surface area contributed by atoms with Crippen molar-refractivity contribution in [3.8, 4) is 22.9 Å². The topological polar surface area (TPSA) is 120 Å². The van der Waals surface area contributed by atoms with Crippen LogP contribution in [0.15, 0.2) is 82.2 Å². The molecule has 0 aliphatic carbocycles. The summed E-state index contributed by atoms with van der Waals surface area (Å²) in [4.78, 5) is 38.1. The molecule has 168 valence electrons. The normalized spacial score (nSPS) is 10.9. The molecule has 0 saturated heterocycles. The molecule has 0 spiro atoms. The first-order chi connectivity index (χ1) is 16.6. The Balaban J connectivity index is 1.37. The number of esters is 1. The van der Waals surface area contributed by atoms with Gasteiger partial charge in [0.1, 0.15) is 17.2 Å². The fourth-order valence-corrected chi connectivity index (χ4v) is 3.29. The molecule has 0 unspecified atom stereocenters. The molecule has 0 bridgehead atoms. The van der Waals surface area contributed by atoms with Gasteiger partial charge in [-0.2, -0.15) is 0 Å². The maximum absolute atomic E-state index is 12.6. The average molecular weight is 454 g/mol. The van der Waals surface area contributed by atoms with E-state index in [-0.39, 0.29) is 5.56 Å². The number of aryl methyl sites for hydroxylation is 1. The Kier molecular flexibility index (Phi) is 5.57. The molecule has 4 aromatic heterocycles. The first-order valence-corrected chi connectivity index (χ1v) is 10.4. The SMILES string of the molecule is Cc1ccc(NC(=O)COC(=O)c2ccc3nc(-c4ccco4)c(-c4ccco4)nc3c2)nc1. The van der Waals surface area contributed by atoms with Gasteiger partial charge in [0.05, 0.1) is 29.1 Å². The maximum Gasteiger partial charge on any atom is 0.338 e. The molecule has 9 heteroatoms. The lowest BCUT2D eigenvalue weighted by molar-refractivity contribution is -0.119. The van der Waals surface area contributed by atoms with Gasteiger partial charge in [0.2, 0.25) is 0 Å². The largest absolute Gasteiger partial charge is 0.463 e. The first kappa shape index (κ1) is 21.1. The molecule has 34 heavy (non-hydrogen) atoms. The predicted molar refractivity (Wildman–Crippen MR) is 123 cm³/mol. The molecular weight excluding hydrogens is 436 g/mol. The third-order valence-electron chi connectivity index (χ3n) is 4.92. The Labute approximate surface area is 193 Å². The number of fused-ring (bicyclic) bond motifs is 1. The van der Waals surface area contributed by atoms with Gasteiger partial charge in [0.25, 0.3) is 5.91 Å². The lowest BCUT2D eigenvalue weighted by Crippen LogP contribution is -2.21. The molecule has 5 aromatic rings. The molecule has 0 aliphatic heterocycles. The Morgan fingerprint density at radius 2 is 1.62 bits per heavy atom. The van der Waals surface area contributed by atoms with Crippen LogP contribution in [0.2, 0.25) is 0 Å². The van der Waals surface area contributed by atoms with Crippen LogP contribution in [0.4, 0.5) is 5.82 Å². The maximum atomic E-state index is 12.6. The molecule has 9 nitrogen and oxygen atoms in total. The Morgan fingerprint density at radius 3 is 2.24 bits per heavy atom. The van der Waals surface area contributed by atoms with Gasteiger partial charge in [-0.1, -0.05) is 6.07 Å². The van der Waals surface area contributed by atoms with Gasteiger partial charge in [0.15, 0.2) is 18.1 Å². The smallest absolute Gasteiger partial charge is 0.338 e. The summed E-state index contributed by atoms with van der Waals surface area (Å²) in [7, 11) is 0. The van der Waals surface area contributed by atoms with E-state index < -0.39 is 18.5 Å². The molecule has 1 N–H and O–H groups in total. The van der Waals surface area contributed by atoms with Crippen molar-refractivity contribution in [3.05, 3.63) is 84.4 Å². The third-order valence-corrected chi connectivity index (χ3v) is 4.92. The molecule has 1 aromatic carbocycles. The summed E-state index contributed by atoms with van der Waals surface area (Å²) in [5.41, 5.74) is 3.22. The van der Waals surface area contributed by atoms with Crippen molar-refractivity contribution in [2.75, 3.05) is 11.9 Å². The molecule has 5 rings (SSSR count). The highest BCUT2D eigenvalue weighted by Crippen LogP contribution is 2.31. The van der Waals surface area contributed by atoms with E-state index in [0.717, 1.165) is 5.56 Å². The lowest BCUT2D eigenvalue weighted by Gasteiger charge is -2.09. The lowest BCUT2D eigenvalue weighted by atomic mass is 10.1. The molecular formula is C25H18N4O5. The average Bonchev–Trinajstić information content (AvgIpc) is 3.57. The van der Waals surface area contributed by atoms with E-state index in [0.29, 0.717) is 39.8 Å². The van der Waals surface area contributed by atoms with Crippen molar-refractivity contribution in [3.63, 3.8) is 0 Å². The minimum Gasteiger partial charge on any atom is -0.463 e. The van der Waals surface area contributed by atoms with E-state index in [1.54, 1.807) is 61.0 Å². The zero-order valence-electron chi connectivity index (χ0n) is 18.0. The zero-order valence-corrected chi connectivity index (χ0v) is 18.0.